The van der Waals surface area contributed by atoms with Crippen molar-refractivity contribution in [3.63, 3.8) is 0 Å². The molecule has 6 nitrogen and oxygen atoms in total. The molecule has 0 radical (unpaired) electrons. The van der Waals surface area contributed by atoms with Gasteiger partial charge in [0.25, 0.3) is 0 Å². The zero-order valence-electron chi connectivity index (χ0n) is 14.5. The molecule has 2 aromatic rings. The predicted octanol–water partition coefficient (Wildman–Crippen LogP) is 3.02. The van der Waals surface area contributed by atoms with Crippen LogP contribution in [0.3, 0.4) is 0 Å². The summed E-state index contributed by atoms with van der Waals surface area (Å²) < 4.78 is 4.85. The quantitative estimate of drug-likeness (QED) is 0.412. The number of benzene rings is 1. The summed E-state index contributed by atoms with van der Waals surface area (Å²) in [4.78, 5) is 7.03. The molecular formula is C18H26IN5O. The van der Waals surface area contributed by atoms with Crippen molar-refractivity contribution in [3.8, 4) is 0 Å². The molecule has 0 amide bonds. The van der Waals surface area contributed by atoms with Gasteiger partial charge in [0.1, 0.15) is 12.0 Å². The third-order valence-electron chi connectivity index (χ3n) is 4.12. The highest BCUT2D eigenvalue weighted by Crippen LogP contribution is 2.19. The smallest absolute Gasteiger partial charge is 0.191 e. The third-order valence-corrected chi connectivity index (χ3v) is 4.12. The van der Waals surface area contributed by atoms with Crippen LogP contribution in [0.1, 0.15) is 25.5 Å². The van der Waals surface area contributed by atoms with E-state index in [1.165, 1.54) is 12.1 Å². The number of nitrogens with one attached hydrogen (secondary N) is 2. The Morgan fingerprint density at radius 2 is 2.16 bits per heavy atom. The van der Waals surface area contributed by atoms with E-state index in [0.29, 0.717) is 12.6 Å². The van der Waals surface area contributed by atoms with Crippen molar-refractivity contribution in [2.24, 2.45) is 4.99 Å². The summed E-state index contributed by atoms with van der Waals surface area (Å²) in [5, 5.41) is 10.8. The number of nitrogens with zero attached hydrogens (tertiary/aromatic N) is 3. The van der Waals surface area contributed by atoms with Crippen LogP contribution in [0, 0.1) is 0 Å². The van der Waals surface area contributed by atoms with Gasteiger partial charge < -0.3 is 20.1 Å². The molecule has 1 saturated heterocycles. The van der Waals surface area contributed by atoms with E-state index in [2.05, 4.69) is 62.9 Å². The molecule has 1 aliphatic rings. The number of piperidine rings is 1. The zero-order valence-corrected chi connectivity index (χ0v) is 16.8. The molecule has 1 aromatic carbocycles. The highest BCUT2D eigenvalue weighted by atomic mass is 127. The van der Waals surface area contributed by atoms with Crippen LogP contribution in [0.5, 0.6) is 0 Å². The number of rotatable bonds is 5. The second kappa shape index (κ2) is 10.3. The SMILES string of the molecule is CCNC(=NCc1ccon1)NC1CCCN(c2ccccc2)C1.I. The minimum absolute atomic E-state index is 0. The molecule has 1 aliphatic heterocycles. The summed E-state index contributed by atoms with van der Waals surface area (Å²) in [6.45, 7) is 5.51. The molecular weight excluding hydrogens is 429 g/mol. The van der Waals surface area contributed by atoms with Crippen LogP contribution in [0.25, 0.3) is 0 Å². The number of para-hydroxylation sites is 1. The normalized spacial score (nSPS) is 17.7. The predicted molar refractivity (Wildman–Crippen MR) is 112 cm³/mol. The highest BCUT2D eigenvalue weighted by molar-refractivity contribution is 14.0. The largest absolute Gasteiger partial charge is 0.369 e. The van der Waals surface area contributed by atoms with Gasteiger partial charge in [-0.1, -0.05) is 23.4 Å². The first kappa shape index (κ1) is 19.6. The van der Waals surface area contributed by atoms with Crippen LogP contribution >= 0.6 is 24.0 Å². The van der Waals surface area contributed by atoms with Gasteiger partial charge in [-0.25, -0.2) is 4.99 Å². The zero-order chi connectivity index (χ0) is 16.6. The van der Waals surface area contributed by atoms with Crippen molar-refractivity contribution in [1.29, 1.82) is 0 Å². The number of halogens is 1. The lowest BCUT2D eigenvalue weighted by molar-refractivity contribution is 0.412. The average Bonchev–Trinajstić information content (AvgIpc) is 3.14. The molecule has 0 bridgehead atoms. The molecule has 25 heavy (non-hydrogen) atoms. The van der Waals surface area contributed by atoms with Gasteiger partial charge in [0.15, 0.2) is 5.96 Å². The van der Waals surface area contributed by atoms with Crippen molar-refractivity contribution in [3.05, 3.63) is 48.4 Å². The van der Waals surface area contributed by atoms with E-state index in [0.717, 1.165) is 37.7 Å². The van der Waals surface area contributed by atoms with Crippen LogP contribution in [0.15, 0.2) is 52.2 Å². The van der Waals surface area contributed by atoms with Gasteiger partial charge in [0.2, 0.25) is 0 Å². The molecule has 1 fully saturated rings. The molecule has 2 N–H and O–H groups in total. The van der Waals surface area contributed by atoms with E-state index in [9.17, 15) is 0 Å². The number of guanidine groups is 1. The molecule has 0 aliphatic carbocycles. The molecule has 3 rings (SSSR count). The Hall–Kier alpha value is -1.77. The molecule has 2 heterocycles. The van der Waals surface area contributed by atoms with Crippen LogP contribution in [0.4, 0.5) is 5.69 Å². The Kier molecular flexibility index (Phi) is 8.03. The summed E-state index contributed by atoms with van der Waals surface area (Å²) in [6.07, 6.45) is 3.90. The first-order chi connectivity index (χ1) is 11.8. The fourth-order valence-corrected chi connectivity index (χ4v) is 2.96. The first-order valence-electron chi connectivity index (χ1n) is 8.59. The third kappa shape index (κ3) is 5.91. The van der Waals surface area contributed by atoms with Crippen molar-refractivity contribution >= 4 is 35.6 Å². The summed E-state index contributed by atoms with van der Waals surface area (Å²) >= 11 is 0. The van der Waals surface area contributed by atoms with Crippen LogP contribution < -0.4 is 15.5 Å². The first-order valence-corrected chi connectivity index (χ1v) is 8.59. The van der Waals surface area contributed by atoms with E-state index in [1.54, 1.807) is 6.26 Å². The maximum atomic E-state index is 4.85. The lowest BCUT2D eigenvalue weighted by Crippen LogP contribution is -2.51. The molecule has 136 valence electrons. The Morgan fingerprint density at radius 3 is 2.88 bits per heavy atom. The van der Waals surface area contributed by atoms with Gasteiger partial charge in [-0.2, -0.15) is 0 Å². The molecule has 1 unspecified atom stereocenters. The monoisotopic (exact) mass is 455 g/mol. The maximum absolute atomic E-state index is 4.85. The van der Waals surface area contributed by atoms with Gasteiger partial charge in [-0.15, -0.1) is 24.0 Å². The van der Waals surface area contributed by atoms with E-state index < -0.39 is 0 Å². The maximum Gasteiger partial charge on any atom is 0.191 e. The summed E-state index contributed by atoms with van der Waals surface area (Å²) in [6, 6.07) is 12.8. The van der Waals surface area contributed by atoms with Gasteiger partial charge in [-0.3, -0.25) is 0 Å². The fraction of sp³-hybridized carbons (Fsp3) is 0.444. The average molecular weight is 455 g/mol. The molecule has 0 spiro atoms. The van der Waals surface area contributed by atoms with Gasteiger partial charge >= 0.3 is 0 Å². The highest BCUT2D eigenvalue weighted by Gasteiger charge is 2.20. The molecule has 1 aromatic heterocycles. The fourth-order valence-electron chi connectivity index (χ4n) is 2.96. The Balaban J connectivity index is 0.00000225. The van der Waals surface area contributed by atoms with Crippen molar-refractivity contribution < 1.29 is 4.52 Å². The minimum Gasteiger partial charge on any atom is -0.369 e. The van der Waals surface area contributed by atoms with Crippen LogP contribution in [0.2, 0.25) is 0 Å². The van der Waals surface area contributed by atoms with Gasteiger partial charge in [0.05, 0.1) is 6.54 Å². The number of hydrogen-bond donors (Lipinski definition) is 2. The molecule has 7 heteroatoms. The topological polar surface area (TPSA) is 65.7 Å². The standard InChI is InChI=1S/C18H25N5O.HI/c1-2-19-18(20-13-15-10-12-24-22-15)21-16-7-6-11-23(14-16)17-8-4-3-5-9-17;/h3-5,8-10,12,16H,2,6-7,11,13-14H2,1H3,(H2,19,20,21);1H. The Morgan fingerprint density at radius 1 is 1.32 bits per heavy atom. The number of aromatic nitrogens is 1. The van der Waals surface area contributed by atoms with Crippen molar-refractivity contribution in [1.82, 2.24) is 15.8 Å². The van der Waals surface area contributed by atoms with E-state index in [1.807, 2.05) is 6.07 Å². The van der Waals surface area contributed by atoms with Gasteiger partial charge in [0, 0.05) is 37.4 Å². The van der Waals surface area contributed by atoms with Crippen molar-refractivity contribution in [2.45, 2.75) is 32.4 Å². The Labute approximate surface area is 166 Å². The van der Waals surface area contributed by atoms with Gasteiger partial charge in [-0.05, 0) is 31.9 Å². The lowest BCUT2D eigenvalue weighted by Gasteiger charge is -2.35. The van der Waals surface area contributed by atoms with Crippen LogP contribution in [-0.2, 0) is 6.54 Å². The minimum atomic E-state index is 0. The summed E-state index contributed by atoms with van der Waals surface area (Å²) in [5.74, 6) is 0.834. The number of anilines is 1. The number of hydrogen-bond acceptors (Lipinski definition) is 4. The molecule has 1 atom stereocenters. The van der Waals surface area contributed by atoms with Crippen LogP contribution in [-0.4, -0.2) is 36.8 Å². The summed E-state index contributed by atoms with van der Waals surface area (Å²) in [7, 11) is 0. The Bertz CT molecular complexity index is 632. The van der Waals surface area contributed by atoms with Crippen molar-refractivity contribution in [2.75, 3.05) is 24.5 Å². The lowest BCUT2D eigenvalue weighted by atomic mass is 10.1. The second-order valence-corrected chi connectivity index (χ2v) is 5.95. The van der Waals surface area contributed by atoms with E-state index in [4.69, 9.17) is 4.52 Å². The second-order valence-electron chi connectivity index (χ2n) is 5.95. The summed E-state index contributed by atoms with van der Waals surface area (Å²) in [5.41, 5.74) is 2.12. The van der Waals surface area contributed by atoms with E-state index >= 15 is 0 Å². The van der Waals surface area contributed by atoms with E-state index in [-0.39, 0.29) is 24.0 Å². The molecule has 0 saturated carbocycles. The number of aliphatic imine (C=N–C) groups is 1.